The van der Waals surface area contributed by atoms with Crippen molar-refractivity contribution in [3.63, 3.8) is 0 Å². The van der Waals surface area contributed by atoms with Crippen molar-refractivity contribution in [1.82, 2.24) is 0 Å². The van der Waals surface area contributed by atoms with Crippen LogP contribution in [-0.4, -0.2) is 10.2 Å². The van der Waals surface area contributed by atoms with Gasteiger partial charge in [0.05, 0.1) is 0 Å². The topological polar surface area (TPSA) is 40.5 Å². The summed E-state index contributed by atoms with van der Waals surface area (Å²) in [5.74, 6) is 0.129. The van der Waals surface area contributed by atoms with Crippen molar-refractivity contribution in [2.75, 3.05) is 0 Å². The minimum atomic E-state index is 0.0647. The van der Waals surface area contributed by atoms with Crippen LogP contribution in [-0.2, 0) is 0 Å². The van der Waals surface area contributed by atoms with Crippen LogP contribution in [0.4, 0.5) is 0 Å². The minimum absolute atomic E-state index is 0.0647. The Morgan fingerprint density at radius 2 is 1.63 bits per heavy atom. The molecule has 0 amide bonds. The summed E-state index contributed by atoms with van der Waals surface area (Å²) in [6.07, 6.45) is 3.88. The molecule has 0 saturated heterocycles. The molecule has 2 aromatic carbocycles. The fraction of sp³-hybridized carbons (Fsp3) is 0. The number of phenolic OH excluding ortho intramolecular Hbond substituents is 2. The predicted octanol–water partition coefficient (Wildman–Crippen LogP) is 4.48. The van der Waals surface area contributed by atoms with Gasteiger partial charge in [-0.25, -0.2) is 0 Å². The molecule has 2 nitrogen and oxygen atoms in total. The van der Waals surface area contributed by atoms with Gasteiger partial charge in [0.25, 0.3) is 0 Å². The first-order chi connectivity index (χ1) is 9.22. The molecule has 0 unspecified atom stereocenters. The van der Waals surface area contributed by atoms with Crippen molar-refractivity contribution in [3.8, 4) is 11.5 Å². The molecule has 3 heteroatoms. The maximum absolute atomic E-state index is 9.43. The van der Waals surface area contributed by atoms with Crippen LogP contribution in [0, 0.1) is 0 Å². The maximum Gasteiger partial charge on any atom is 0.119 e. The summed E-state index contributed by atoms with van der Waals surface area (Å²) in [5.41, 5.74) is 1.91. The molecular weight excluding hydrogens is 256 g/mol. The first-order valence-electron chi connectivity index (χ1n) is 5.90. The fourth-order valence-electron chi connectivity index (χ4n) is 2.03. The second-order valence-electron chi connectivity index (χ2n) is 4.30. The molecule has 1 aromatic heterocycles. The van der Waals surface area contributed by atoms with E-state index >= 15 is 0 Å². The molecule has 19 heavy (non-hydrogen) atoms. The van der Waals surface area contributed by atoms with E-state index in [4.69, 9.17) is 0 Å². The highest BCUT2D eigenvalue weighted by molar-refractivity contribution is 7.17. The van der Waals surface area contributed by atoms with Crippen molar-refractivity contribution in [1.29, 1.82) is 0 Å². The highest BCUT2D eigenvalue weighted by Crippen LogP contribution is 2.28. The second kappa shape index (κ2) is 4.78. The van der Waals surface area contributed by atoms with Gasteiger partial charge in [-0.15, -0.1) is 11.3 Å². The van der Waals surface area contributed by atoms with Crippen molar-refractivity contribution >= 4 is 33.6 Å². The molecule has 0 spiro atoms. The smallest absolute Gasteiger partial charge is 0.119 e. The van der Waals surface area contributed by atoms with Gasteiger partial charge in [0.2, 0.25) is 0 Å². The minimum Gasteiger partial charge on any atom is -0.508 e. The Bertz CT molecular complexity index is 736. The van der Waals surface area contributed by atoms with Gasteiger partial charge in [0.1, 0.15) is 11.5 Å². The third kappa shape index (κ3) is 2.46. The van der Waals surface area contributed by atoms with Crippen molar-refractivity contribution < 1.29 is 10.2 Å². The highest BCUT2D eigenvalue weighted by atomic mass is 32.1. The van der Waals surface area contributed by atoms with Crippen LogP contribution in [0.3, 0.4) is 0 Å². The van der Waals surface area contributed by atoms with E-state index in [0.717, 1.165) is 11.1 Å². The number of hydrogen-bond donors (Lipinski definition) is 2. The summed E-state index contributed by atoms with van der Waals surface area (Å²) in [5, 5.41) is 22.2. The molecule has 3 aromatic rings. The van der Waals surface area contributed by atoms with E-state index in [1.165, 1.54) is 16.2 Å². The SMILES string of the molecule is Oc1cc(O)cc(/C=C/c2csc3ccccc23)c1. The summed E-state index contributed by atoms with van der Waals surface area (Å²) < 4.78 is 1.25. The Morgan fingerprint density at radius 1 is 0.895 bits per heavy atom. The molecule has 0 aliphatic rings. The first kappa shape index (κ1) is 11.8. The molecule has 2 N–H and O–H groups in total. The lowest BCUT2D eigenvalue weighted by Crippen LogP contribution is -1.73. The molecule has 0 fully saturated rings. The monoisotopic (exact) mass is 268 g/mol. The lowest BCUT2D eigenvalue weighted by molar-refractivity contribution is 0.450. The van der Waals surface area contributed by atoms with Gasteiger partial charge in [0, 0.05) is 10.8 Å². The molecule has 0 bridgehead atoms. The third-order valence-corrected chi connectivity index (χ3v) is 3.87. The molecule has 0 aliphatic carbocycles. The molecule has 0 atom stereocenters. The Kier molecular flexibility index (Phi) is 2.97. The predicted molar refractivity (Wildman–Crippen MR) is 80.5 cm³/mol. The van der Waals surface area contributed by atoms with Crippen molar-refractivity contribution in [2.45, 2.75) is 0 Å². The van der Waals surface area contributed by atoms with Crippen LogP contribution in [0.2, 0.25) is 0 Å². The van der Waals surface area contributed by atoms with Gasteiger partial charge in [-0.3, -0.25) is 0 Å². The van der Waals surface area contributed by atoms with Gasteiger partial charge >= 0.3 is 0 Å². The summed E-state index contributed by atoms with van der Waals surface area (Å²) >= 11 is 1.71. The van der Waals surface area contributed by atoms with Gasteiger partial charge < -0.3 is 10.2 Å². The van der Waals surface area contributed by atoms with Crippen LogP contribution in [0.5, 0.6) is 11.5 Å². The van der Waals surface area contributed by atoms with E-state index in [2.05, 4.69) is 17.5 Å². The average molecular weight is 268 g/mol. The van der Waals surface area contributed by atoms with Crippen LogP contribution >= 0.6 is 11.3 Å². The van der Waals surface area contributed by atoms with E-state index in [0.29, 0.717) is 0 Å². The van der Waals surface area contributed by atoms with E-state index in [-0.39, 0.29) is 11.5 Å². The van der Waals surface area contributed by atoms with Crippen LogP contribution in [0.1, 0.15) is 11.1 Å². The average Bonchev–Trinajstić information content (AvgIpc) is 2.78. The largest absolute Gasteiger partial charge is 0.508 e. The zero-order chi connectivity index (χ0) is 13.2. The molecule has 0 radical (unpaired) electrons. The fourth-order valence-corrected chi connectivity index (χ4v) is 2.96. The number of phenols is 2. The molecule has 3 rings (SSSR count). The zero-order valence-electron chi connectivity index (χ0n) is 10.1. The molecule has 0 saturated carbocycles. The van der Waals surface area contributed by atoms with Crippen LogP contribution in [0.25, 0.3) is 22.2 Å². The van der Waals surface area contributed by atoms with E-state index in [1.807, 2.05) is 24.3 Å². The first-order valence-corrected chi connectivity index (χ1v) is 6.78. The Labute approximate surface area is 114 Å². The Hall–Kier alpha value is -2.26. The Balaban J connectivity index is 1.98. The number of rotatable bonds is 2. The van der Waals surface area contributed by atoms with Gasteiger partial charge in [-0.05, 0) is 40.1 Å². The lowest BCUT2D eigenvalue weighted by Gasteiger charge is -1.98. The maximum atomic E-state index is 9.43. The normalized spacial score (nSPS) is 11.4. The van der Waals surface area contributed by atoms with Crippen molar-refractivity contribution in [2.24, 2.45) is 0 Å². The molecule has 0 aliphatic heterocycles. The van der Waals surface area contributed by atoms with E-state index in [9.17, 15) is 10.2 Å². The van der Waals surface area contributed by atoms with Crippen LogP contribution < -0.4 is 0 Å². The third-order valence-electron chi connectivity index (χ3n) is 2.89. The highest BCUT2D eigenvalue weighted by Gasteiger charge is 2.00. The van der Waals surface area contributed by atoms with Gasteiger partial charge in [0.15, 0.2) is 0 Å². The van der Waals surface area contributed by atoms with E-state index < -0.39 is 0 Å². The number of thiophene rings is 1. The standard InChI is InChI=1S/C16H12O2S/c17-13-7-11(8-14(18)9-13)5-6-12-10-19-16-4-2-1-3-15(12)16/h1-10,17-18H/b6-5+. The summed E-state index contributed by atoms with van der Waals surface area (Å²) in [7, 11) is 0. The van der Waals surface area contributed by atoms with Crippen molar-refractivity contribution in [3.05, 3.63) is 59.0 Å². The molecular formula is C16H12O2S. The summed E-state index contributed by atoms with van der Waals surface area (Å²) in [4.78, 5) is 0. The van der Waals surface area contributed by atoms with Gasteiger partial charge in [-0.1, -0.05) is 30.4 Å². The van der Waals surface area contributed by atoms with E-state index in [1.54, 1.807) is 23.5 Å². The van der Waals surface area contributed by atoms with Crippen LogP contribution in [0.15, 0.2) is 47.8 Å². The molecule has 94 valence electrons. The number of benzene rings is 2. The zero-order valence-corrected chi connectivity index (χ0v) is 10.9. The second-order valence-corrected chi connectivity index (χ2v) is 5.21. The number of aromatic hydroxyl groups is 2. The number of fused-ring (bicyclic) bond motifs is 1. The number of hydrogen-bond acceptors (Lipinski definition) is 3. The van der Waals surface area contributed by atoms with Gasteiger partial charge in [-0.2, -0.15) is 0 Å². The molecule has 1 heterocycles. The Morgan fingerprint density at radius 3 is 2.42 bits per heavy atom. The summed E-state index contributed by atoms with van der Waals surface area (Å²) in [6, 6.07) is 12.8. The quantitative estimate of drug-likeness (QED) is 0.719. The summed E-state index contributed by atoms with van der Waals surface area (Å²) in [6.45, 7) is 0. The lowest BCUT2D eigenvalue weighted by atomic mass is 10.1.